The van der Waals surface area contributed by atoms with Gasteiger partial charge in [-0.3, -0.25) is 15.0 Å². The van der Waals surface area contributed by atoms with Crippen molar-refractivity contribution in [2.45, 2.75) is 6.42 Å². The zero-order valence-electron chi connectivity index (χ0n) is 8.17. The van der Waals surface area contributed by atoms with Crippen molar-refractivity contribution in [3.63, 3.8) is 0 Å². The molecule has 0 spiro atoms. The molecule has 0 aromatic heterocycles. The first kappa shape index (κ1) is 11.4. The molecule has 2 rings (SSSR count). The monoisotopic (exact) mass is 302 g/mol. The molecule has 6 heteroatoms. The molecule has 0 radical (unpaired) electrons. The highest BCUT2D eigenvalue weighted by molar-refractivity contribution is 9.10. The van der Waals surface area contributed by atoms with E-state index in [0.29, 0.717) is 23.7 Å². The predicted molar refractivity (Wildman–Crippen MR) is 64.7 cm³/mol. The van der Waals surface area contributed by atoms with Gasteiger partial charge >= 0.3 is 6.03 Å². The predicted octanol–water partition coefficient (Wildman–Crippen LogP) is 2.55. The molecule has 1 aromatic carbocycles. The Balaban J connectivity index is 2.27. The Kier molecular flexibility index (Phi) is 3.16. The summed E-state index contributed by atoms with van der Waals surface area (Å²) >= 11 is 9.21. The van der Waals surface area contributed by atoms with Gasteiger partial charge in [0.25, 0.3) is 0 Å². The summed E-state index contributed by atoms with van der Waals surface area (Å²) in [6.45, 7) is 0.378. The van der Waals surface area contributed by atoms with E-state index in [4.69, 9.17) is 11.6 Å². The molecule has 84 valence electrons. The lowest BCUT2D eigenvalue weighted by atomic mass is 10.2. The van der Waals surface area contributed by atoms with Crippen molar-refractivity contribution in [3.05, 3.63) is 27.7 Å². The second-order valence-corrected chi connectivity index (χ2v) is 4.61. The van der Waals surface area contributed by atoms with Crippen LogP contribution < -0.4 is 10.2 Å². The summed E-state index contributed by atoms with van der Waals surface area (Å²) in [6.07, 6.45) is 0.305. The number of halogens is 2. The first-order valence-corrected chi connectivity index (χ1v) is 5.81. The summed E-state index contributed by atoms with van der Waals surface area (Å²) in [5, 5.41) is 2.78. The SMILES string of the molecule is O=C1CCN(c2ccc(Br)c(Cl)c2)C(=O)N1. The highest BCUT2D eigenvalue weighted by Gasteiger charge is 2.24. The fourth-order valence-corrected chi connectivity index (χ4v) is 1.88. The van der Waals surface area contributed by atoms with E-state index in [2.05, 4.69) is 21.2 Å². The zero-order valence-corrected chi connectivity index (χ0v) is 10.5. The largest absolute Gasteiger partial charge is 0.328 e. The third kappa shape index (κ3) is 2.20. The van der Waals surface area contributed by atoms with E-state index in [0.717, 1.165) is 4.47 Å². The van der Waals surface area contributed by atoms with Crippen LogP contribution in [0.2, 0.25) is 5.02 Å². The highest BCUT2D eigenvalue weighted by atomic mass is 79.9. The van der Waals surface area contributed by atoms with Gasteiger partial charge in [-0.05, 0) is 34.1 Å². The molecule has 1 aromatic rings. The lowest BCUT2D eigenvalue weighted by Gasteiger charge is -2.26. The summed E-state index contributed by atoms with van der Waals surface area (Å²) in [5.41, 5.74) is 0.679. The van der Waals surface area contributed by atoms with Gasteiger partial charge in [0.15, 0.2) is 0 Å². The number of anilines is 1. The molecule has 1 aliphatic rings. The molecule has 3 amide bonds. The Bertz CT molecular complexity index is 464. The van der Waals surface area contributed by atoms with Crippen molar-refractivity contribution >= 4 is 45.2 Å². The Morgan fingerprint density at radius 2 is 2.12 bits per heavy atom. The van der Waals surface area contributed by atoms with Crippen LogP contribution in [0.1, 0.15) is 6.42 Å². The Morgan fingerprint density at radius 3 is 2.75 bits per heavy atom. The number of benzene rings is 1. The lowest BCUT2D eigenvalue weighted by molar-refractivity contribution is -0.120. The van der Waals surface area contributed by atoms with E-state index in [1.807, 2.05) is 0 Å². The van der Waals surface area contributed by atoms with Crippen molar-refractivity contribution in [1.82, 2.24) is 5.32 Å². The molecule has 0 saturated carbocycles. The minimum absolute atomic E-state index is 0.246. The smallest absolute Gasteiger partial charge is 0.294 e. The second-order valence-electron chi connectivity index (χ2n) is 3.35. The van der Waals surface area contributed by atoms with Gasteiger partial charge in [0.05, 0.1) is 5.02 Å². The molecule has 1 aliphatic heterocycles. The van der Waals surface area contributed by atoms with Gasteiger partial charge in [-0.1, -0.05) is 11.6 Å². The van der Waals surface area contributed by atoms with Crippen LogP contribution in [0.5, 0.6) is 0 Å². The maximum atomic E-state index is 11.5. The number of imide groups is 1. The quantitative estimate of drug-likeness (QED) is 0.867. The molecular formula is C10H8BrClN2O2. The second kappa shape index (κ2) is 4.43. The van der Waals surface area contributed by atoms with Crippen LogP contribution >= 0.6 is 27.5 Å². The van der Waals surface area contributed by atoms with E-state index in [9.17, 15) is 9.59 Å². The van der Waals surface area contributed by atoms with Crippen LogP contribution in [0.15, 0.2) is 22.7 Å². The molecule has 1 saturated heterocycles. The molecule has 1 heterocycles. The van der Waals surface area contributed by atoms with Gasteiger partial charge in [0, 0.05) is 23.1 Å². The maximum absolute atomic E-state index is 11.5. The standard InChI is InChI=1S/C10H8BrClN2O2/c11-7-2-1-6(5-8(7)12)14-4-3-9(15)13-10(14)16/h1-2,5H,3-4H2,(H,13,15,16). The third-order valence-electron chi connectivity index (χ3n) is 2.27. The summed E-state index contributed by atoms with van der Waals surface area (Å²) in [4.78, 5) is 24.0. The Labute approximate surface area is 106 Å². The molecule has 0 aliphatic carbocycles. The number of hydrogen-bond donors (Lipinski definition) is 1. The summed E-state index contributed by atoms with van der Waals surface area (Å²) < 4.78 is 0.770. The van der Waals surface area contributed by atoms with E-state index >= 15 is 0 Å². The van der Waals surface area contributed by atoms with Crippen LogP contribution in [-0.4, -0.2) is 18.5 Å². The lowest BCUT2D eigenvalue weighted by Crippen LogP contribution is -2.49. The summed E-state index contributed by atoms with van der Waals surface area (Å²) in [6, 6.07) is 4.81. The van der Waals surface area contributed by atoms with Crippen molar-refractivity contribution < 1.29 is 9.59 Å². The van der Waals surface area contributed by atoms with Crippen LogP contribution in [0, 0.1) is 0 Å². The zero-order chi connectivity index (χ0) is 11.7. The molecule has 1 N–H and O–H groups in total. The molecule has 0 atom stereocenters. The number of carbonyl (C=O) groups excluding carboxylic acids is 2. The van der Waals surface area contributed by atoms with Gasteiger partial charge in [0.1, 0.15) is 0 Å². The first-order chi connectivity index (χ1) is 7.58. The number of hydrogen-bond acceptors (Lipinski definition) is 2. The van der Waals surface area contributed by atoms with Gasteiger partial charge in [-0.15, -0.1) is 0 Å². The van der Waals surface area contributed by atoms with Crippen molar-refractivity contribution in [3.8, 4) is 0 Å². The number of amides is 3. The van der Waals surface area contributed by atoms with E-state index < -0.39 is 6.03 Å². The van der Waals surface area contributed by atoms with Crippen LogP contribution in [0.3, 0.4) is 0 Å². The van der Waals surface area contributed by atoms with Crippen LogP contribution in [-0.2, 0) is 4.79 Å². The average molecular weight is 304 g/mol. The van der Waals surface area contributed by atoms with E-state index in [1.54, 1.807) is 18.2 Å². The topological polar surface area (TPSA) is 49.4 Å². The molecule has 0 unspecified atom stereocenters. The summed E-state index contributed by atoms with van der Waals surface area (Å²) in [5.74, 6) is -0.246. The third-order valence-corrected chi connectivity index (χ3v) is 3.50. The maximum Gasteiger partial charge on any atom is 0.328 e. The van der Waals surface area contributed by atoms with Gasteiger partial charge in [0.2, 0.25) is 5.91 Å². The molecule has 1 fully saturated rings. The Hall–Kier alpha value is -1.07. The normalized spacial score (nSPS) is 16.2. The van der Waals surface area contributed by atoms with Gasteiger partial charge in [-0.2, -0.15) is 0 Å². The van der Waals surface area contributed by atoms with E-state index in [1.165, 1.54) is 4.90 Å². The van der Waals surface area contributed by atoms with Crippen LogP contribution in [0.4, 0.5) is 10.5 Å². The number of urea groups is 1. The fourth-order valence-electron chi connectivity index (χ4n) is 1.46. The summed E-state index contributed by atoms with van der Waals surface area (Å²) in [7, 11) is 0. The first-order valence-electron chi connectivity index (χ1n) is 4.64. The molecule has 4 nitrogen and oxygen atoms in total. The van der Waals surface area contributed by atoms with E-state index in [-0.39, 0.29) is 5.91 Å². The number of carbonyl (C=O) groups is 2. The highest BCUT2D eigenvalue weighted by Crippen LogP contribution is 2.28. The molecule has 0 bridgehead atoms. The van der Waals surface area contributed by atoms with Crippen LogP contribution in [0.25, 0.3) is 0 Å². The molecular weight excluding hydrogens is 295 g/mol. The average Bonchev–Trinajstić information content (AvgIpc) is 2.22. The number of nitrogens with one attached hydrogen (secondary N) is 1. The van der Waals surface area contributed by atoms with Crippen molar-refractivity contribution in [1.29, 1.82) is 0 Å². The Morgan fingerprint density at radius 1 is 1.38 bits per heavy atom. The van der Waals surface area contributed by atoms with Crippen molar-refractivity contribution in [2.24, 2.45) is 0 Å². The van der Waals surface area contributed by atoms with Gasteiger partial charge < -0.3 is 0 Å². The number of rotatable bonds is 1. The minimum Gasteiger partial charge on any atom is -0.294 e. The van der Waals surface area contributed by atoms with Crippen molar-refractivity contribution in [2.75, 3.05) is 11.4 Å². The molecule has 16 heavy (non-hydrogen) atoms. The number of nitrogens with zero attached hydrogens (tertiary/aromatic N) is 1. The van der Waals surface area contributed by atoms with Gasteiger partial charge in [-0.25, -0.2) is 4.79 Å². The fraction of sp³-hybridized carbons (Fsp3) is 0.200. The minimum atomic E-state index is -0.408.